The third-order valence-corrected chi connectivity index (χ3v) is 3.68. The third kappa shape index (κ3) is 4.01. The van der Waals surface area contributed by atoms with Crippen molar-refractivity contribution in [1.29, 1.82) is 0 Å². The molecule has 1 saturated heterocycles. The number of hydrogen-bond donors (Lipinski definition) is 2. The molecule has 8 heteroatoms. The fourth-order valence-electron chi connectivity index (χ4n) is 2.43. The van der Waals surface area contributed by atoms with E-state index in [1.165, 1.54) is 6.92 Å². The molecule has 0 spiro atoms. The zero-order valence-electron chi connectivity index (χ0n) is 12.2. The van der Waals surface area contributed by atoms with Gasteiger partial charge in [0.2, 0.25) is 11.8 Å². The maximum absolute atomic E-state index is 12.3. The molecule has 1 aromatic rings. The number of aryl methyl sites for hydroxylation is 1. The number of amides is 2. The minimum Gasteiger partial charge on any atom is -0.391 e. The minimum absolute atomic E-state index is 0.0792. The predicted octanol–water partition coefficient (Wildman–Crippen LogP) is -0.591. The van der Waals surface area contributed by atoms with E-state index in [1.807, 2.05) is 0 Å². The van der Waals surface area contributed by atoms with E-state index in [1.54, 1.807) is 11.8 Å². The van der Waals surface area contributed by atoms with E-state index in [-0.39, 0.29) is 24.3 Å². The van der Waals surface area contributed by atoms with Crippen LogP contribution in [0.1, 0.15) is 31.2 Å². The van der Waals surface area contributed by atoms with Crippen molar-refractivity contribution in [3.63, 3.8) is 0 Å². The van der Waals surface area contributed by atoms with Gasteiger partial charge in [0.15, 0.2) is 0 Å². The van der Waals surface area contributed by atoms with Gasteiger partial charge in [0, 0.05) is 20.0 Å². The molecule has 0 aliphatic carbocycles. The molecule has 0 radical (unpaired) electrons. The summed E-state index contributed by atoms with van der Waals surface area (Å²) < 4.78 is 4.58. The van der Waals surface area contributed by atoms with Gasteiger partial charge in [-0.25, -0.2) is 4.63 Å². The van der Waals surface area contributed by atoms with Crippen LogP contribution in [0.5, 0.6) is 0 Å². The van der Waals surface area contributed by atoms with Crippen molar-refractivity contribution in [2.24, 2.45) is 0 Å². The molecule has 0 aromatic carbocycles. The number of aliphatic hydroxyl groups is 1. The SMILES string of the molecule is CC(=O)N[C@H]1CCN(C(=O)Cc2nonc2C)CC[C@@H]1O. The van der Waals surface area contributed by atoms with Crippen molar-refractivity contribution in [1.82, 2.24) is 20.5 Å². The van der Waals surface area contributed by atoms with Gasteiger partial charge in [-0.15, -0.1) is 0 Å². The number of likely N-dealkylation sites (tertiary alicyclic amines) is 1. The quantitative estimate of drug-likeness (QED) is 0.771. The lowest BCUT2D eigenvalue weighted by Crippen LogP contribution is -2.42. The van der Waals surface area contributed by atoms with E-state index >= 15 is 0 Å². The van der Waals surface area contributed by atoms with Crippen LogP contribution in [0.4, 0.5) is 0 Å². The molecule has 2 atom stereocenters. The van der Waals surface area contributed by atoms with E-state index in [9.17, 15) is 14.7 Å². The fraction of sp³-hybridized carbons (Fsp3) is 0.692. The van der Waals surface area contributed by atoms with E-state index in [4.69, 9.17) is 0 Å². The molecule has 2 rings (SSSR count). The Morgan fingerprint density at radius 1 is 1.38 bits per heavy atom. The monoisotopic (exact) mass is 296 g/mol. The Labute approximate surface area is 122 Å². The van der Waals surface area contributed by atoms with Gasteiger partial charge in [-0.2, -0.15) is 0 Å². The largest absolute Gasteiger partial charge is 0.391 e. The molecule has 1 aliphatic heterocycles. The maximum atomic E-state index is 12.3. The number of carbonyl (C=O) groups is 2. The van der Waals surface area contributed by atoms with Gasteiger partial charge in [-0.1, -0.05) is 10.3 Å². The normalized spacial score (nSPS) is 22.7. The maximum Gasteiger partial charge on any atom is 0.228 e. The predicted molar refractivity (Wildman–Crippen MR) is 72.2 cm³/mol. The molecule has 116 valence electrons. The van der Waals surface area contributed by atoms with Gasteiger partial charge in [0.25, 0.3) is 0 Å². The molecule has 1 aromatic heterocycles. The summed E-state index contributed by atoms with van der Waals surface area (Å²) in [6.45, 7) is 4.10. The summed E-state index contributed by atoms with van der Waals surface area (Å²) in [5.41, 5.74) is 1.14. The van der Waals surface area contributed by atoms with Crippen LogP contribution < -0.4 is 5.32 Å². The summed E-state index contributed by atoms with van der Waals surface area (Å²) in [4.78, 5) is 25.0. The Morgan fingerprint density at radius 2 is 2.10 bits per heavy atom. The van der Waals surface area contributed by atoms with Gasteiger partial charge in [-0.3, -0.25) is 9.59 Å². The van der Waals surface area contributed by atoms with Crippen molar-refractivity contribution in [3.8, 4) is 0 Å². The van der Waals surface area contributed by atoms with Crippen LogP contribution in [0.25, 0.3) is 0 Å². The fourth-order valence-corrected chi connectivity index (χ4v) is 2.43. The lowest BCUT2D eigenvalue weighted by atomic mass is 10.1. The summed E-state index contributed by atoms with van der Waals surface area (Å²) in [5, 5.41) is 20.1. The smallest absolute Gasteiger partial charge is 0.228 e. The second kappa shape index (κ2) is 6.66. The molecule has 0 unspecified atom stereocenters. The summed E-state index contributed by atoms with van der Waals surface area (Å²) in [5.74, 6) is -0.257. The lowest BCUT2D eigenvalue weighted by molar-refractivity contribution is -0.130. The number of aliphatic hydroxyl groups excluding tert-OH is 1. The summed E-state index contributed by atoms with van der Waals surface area (Å²) >= 11 is 0. The Morgan fingerprint density at radius 3 is 2.71 bits per heavy atom. The van der Waals surface area contributed by atoms with Crippen LogP contribution in [0.3, 0.4) is 0 Å². The van der Waals surface area contributed by atoms with Gasteiger partial charge in [0.05, 0.1) is 18.6 Å². The first-order chi connectivity index (χ1) is 9.97. The minimum atomic E-state index is -0.637. The van der Waals surface area contributed by atoms with Crippen LogP contribution in [0, 0.1) is 6.92 Å². The van der Waals surface area contributed by atoms with E-state index in [0.29, 0.717) is 37.3 Å². The van der Waals surface area contributed by atoms with Gasteiger partial charge in [-0.05, 0) is 19.8 Å². The highest BCUT2D eigenvalue weighted by molar-refractivity contribution is 5.78. The Kier molecular flexibility index (Phi) is 4.89. The van der Waals surface area contributed by atoms with E-state index < -0.39 is 6.10 Å². The van der Waals surface area contributed by atoms with E-state index in [0.717, 1.165) is 0 Å². The summed E-state index contributed by atoms with van der Waals surface area (Å²) in [6.07, 6.45) is 0.466. The number of nitrogens with zero attached hydrogens (tertiary/aromatic N) is 3. The molecule has 1 aliphatic rings. The molecule has 2 N–H and O–H groups in total. The van der Waals surface area contributed by atoms with Crippen molar-refractivity contribution in [2.75, 3.05) is 13.1 Å². The molecule has 0 bridgehead atoms. The van der Waals surface area contributed by atoms with Crippen LogP contribution in [0.15, 0.2) is 4.63 Å². The average molecular weight is 296 g/mol. The second-order valence-electron chi connectivity index (χ2n) is 5.31. The molecule has 2 amide bonds. The van der Waals surface area contributed by atoms with Gasteiger partial charge in [0.1, 0.15) is 11.4 Å². The lowest BCUT2D eigenvalue weighted by Gasteiger charge is -2.20. The van der Waals surface area contributed by atoms with E-state index in [2.05, 4.69) is 20.3 Å². The Hall–Kier alpha value is -1.96. The van der Waals surface area contributed by atoms with Crippen molar-refractivity contribution in [2.45, 2.75) is 45.3 Å². The average Bonchev–Trinajstić information content (AvgIpc) is 2.72. The summed E-state index contributed by atoms with van der Waals surface area (Å²) in [7, 11) is 0. The Bertz CT molecular complexity index is 516. The molecule has 0 saturated carbocycles. The van der Waals surface area contributed by atoms with Gasteiger partial charge < -0.3 is 15.3 Å². The van der Waals surface area contributed by atoms with Crippen LogP contribution in [-0.4, -0.2) is 57.4 Å². The van der Waals surface area contributed by atoms with Crippen LogP contribution in [-0.2, 0) is 16.0 Å². The first-order valence-electron chi connectivity index (χ1n) is 6.98. The highest BCUT2D eigenvalue weighted by Gasteiger charge is 2.27. The first kappa shape index (κ1) is 15.4. The number of hydrogen-bond acceptors (Lipinski definition) is 6. The third-order valence-electron chi connectivity index (χ3n) is 3.68. The zero-order chi connectivity index (χ0) is 15.4. The standard InChI is InChI=1S/C13H20N4O4/c1-8-11(16-21-15-8)7-13(20)17-5-3-10(14-9(2)18)12(19)4-6-17/h10,12,19H,3-7H2,1-2H3,(H,14,18)/t10-,12-/m0/s1. The molecular weight excluding hydrogens is 276 g/mol. The van der Waals surface area contributed by atoms with Crippen LogP contribution >= 0.6 is 0 Å². The number of aromatic nitrogens is 2. The number of rotatable bonds is 3. The van der Waals surface area contributed by atoms with Crippen molar-refractivity contribution < 1.29 is 19.3 Å². The topological polar surface area (TPSA) is 109 Å². The molecule has 1 fully saturated rings. The molecular formula is C13H20N4O4. The molecule has 21 heavy (non-hydrogen) atoms. The highest BCUT2D eigenvalue weighted by atomic mass is 16.6. The Balaban J connectivity index is 1.94. The highest BCUT2D eigenvalue weighted by Crippen LogP contribution is 2.14. The zero-order valence-corrected chi connectivity index (χ0v) is 12.2. The second-order valence-corrected chi connectivity index (χ2v) is 5.31. The molecule has 8 nitrogen and oxygen atoms in total. The number of nitrogens with one attached hydrogen (secondary N) is 1. The number of carbonyl (C=O) groups excluding carboxylic acids is 2. The van der Waals surface area contributed by atoms with Crippen LogP contribution in [0.2, 0.25) is 0 Å². The molecule has 2 heterocycles. The van der Waals surface area contributed by atoms with Gasteiger partial charge >= 0.3 is 0 Å². The van der Waals surface area contributed by atoms with Crippen molar-refractivity contribution >= 4 is 11.8 Å². The first-order valence-corrected chi connectivity index (χ1v) is 6.98. The summed E-state index contributed by atoms with van der Waals surface area (Å²) in [6, 6.07) is -0.309. The van der Waals surface area contributed by atoms with Crippen molar-refractivity contribution in [3.05, 3.63) is 11.4 Å².